The number of nitrogens with zero attached hydrogens (tertiary/aromatic N) is 2. The lowest BCUT2D eigenvalue weighted by Crippen LogP contribution is -2.07. The first-order chi connectivity index (χ1) is 6.56. The van der Waals surface area contributed by atoms with Crippen molar-refractivity contribution in [2.45, 2.75) is 33.0 Å². The van der Waals surface area contributed by atoms with E-state index in [9.17, 15) is 5.11 Å². The Labute approximate surface area is 84.0 Å². The molecule has 0 aliphatic rings. The summed E-state index contributed by atoms with van der Waals surface area (Å²) < 4.78 is 5.10. The molecule has 4 nitrogen and oxygen atoms in total. The lowest BCUT2D eigenvalue weighted by molar-refractivity contribution is 0.111. The lowest BCUT2D eigenvalue weighted by Gasteiger charge is -2.12. The van der Waals surface area contributed by atoms with Gasteiger partial charge in [-0.2, -0.15) is 0 Å². The standard InChI is InChI=1S/C10H16N2O2/c1-6-9(7(2)13)5-11-10(12-6)8(3)14-4/h5,7-8,13H,1-4H3/t7-,8?/m1/s1. The predicted octanol–water partition coefficient (Wildman–Crippen LogP) is 1.55. The maximum Gasteiger partial charge on any atom is 0.157 e. The van der Waals surface area contributed by atoms with Crippen LogP contribution < -0.4 is 0 Å². The van der Waals surface area contributed by atoms with Crippen LogP contribution in [0, 0.1) is 6.92 Å². The number of aromatic nitrogens is 2. The number of rotatable bonds is 3. The van der Waals surface area contributed by atoms with Gasteiger partial charge in [-0.15, -0.1) is 0 Å². The summed E-state index contributed by atoms with van der Waals surface area (Å²) in [5.41, 5.74) is 1.56. The quantitative estimate of drug-likeness (QED) is 0.796. The van der Waals surface area contributed by atoms with Crippen molar-refractivity contribution in [3.05, 3.63) is 23.3 Å². The molecule has 0 fully saturated rings. The molecule has 14 heavy (non-hydrogen) atoms. The van der Waals surface area contributed by atoms with E-state index in [0.717, 1.165) is 11.3 Å². The molecule has 0 amide bonds. The van der Waals surface area contributed by atoms with E-state index in [1.54, 1.807) is 20.2 Å². The summed E-state index contributed by atoms with van der Waals surface area (Å²) in [7, 11) is 1.62. The number of methoxy groups -OCH3 is 1. The molecule has 4 heteroatoms. The van der Waals surface area contributed by atoms with Crippen LogP contribution in [-0.2, 0) is 4.74 Å². The highest BCUT2D eigenvalue weighted by molar-refractivity contribution is 5.18. The average Bonchev–Trinajstić information content (AvgIpc) is 2.15. The lowest BCUT2D eigenvalue weighted by atomic mass is 10.1. The van der Waals surface area contributed by atoms with E-state index < -0.39 is 6.10 Å². The van der Waals surface area contributed by atoms with Crippen LogP contribution in [0.3, 0.4) is 0 Å². The maximum atomic E-state index is 9.38. The molecule has 0 aliphatic carbocycles. The third kappa shape index (κ3) is 2.27. The Hall–Kier alpha value is -1.00. The van der Waals surface area contributed by atoms with Crippen molar-refractivity contribution in [2.75, 3.05) is 7.11 Å². The first kappa shape index (κ1) is 11.1. The van der Waals surface area contributed by atoms with Crippen LogP contribution in [-0.4, -0.2) is 22.2 Å². The molecular weight excluding hydrogens is 180 g/mol. The summed E-state index contributed by atoms with van der Waals surface area (Å²) in [6.45, 7) is 5.44. The minimum atomic E-state index is -0.526. The second-order valence-electron chi connectivity index (χ2n) is 3.32. The third-order valence-corrected chi connectivity index (χ3v) is 2.20. The number of hydrogen-bond acceptors (Lipinski definition) is 4. The fourth-order valence-electron chi connectivity index (χ4n) is 1.21. The maximum absolute atomic E-state index is 9.38. The molecule has 1 unspecified atom stereocenters. The summed E-state index contributed by atoms with van der Waals surface area (Å²) in [5, 5.41) is 9.38. The normalized spacial score (nSPS) is 15.2. The van der Waals surface area contributed by atoms with E-state index in [1.165, 1.54) is 0 Å². The number of aryl methyl sites for hydroxylation is 1. The van der Waals surface area contributed by atoms with Crippen molar-refractivity contribution in [3.63, 3.8) is 0 Å². The molecule has 0 saturated heterocycles. The van der Waals surface area contributed by atoms with Crippen LogP contribution in [0.2, 0.25) is 0 Å². The van der Waals surface area contributed by atoms with Gasteiger partial charge >= 0.3 is 0 Å². The van der Waals surface area contributed by atoms with E-state index in [2.05, 4.69) is 9.97 Å². The molecule has 2 atom stereocenters. The smallest absolute Gasteiger partial charge is 0.157 e. The summed E-state index contributed by atoms with van der Waals surface area (Å²) in [6, 6.07) is 0. The van der Waals surface area contributed by atoms with Gasteiger partial charge in [-0.3, -0.25) is 0 Å². The molecule has 1 N–H and O–H groups in total. The highest BCUT2D eigenvalue weighted by Crippen LogP contribution is 2.17. The number of hydrogen-bond donors (Lipinski definition) is 1. The Morgan fingerprint density at radius 3 is 2.50 bits per heavy atom. The van der Waals surface area contributed by atoms with Crippen molar-refractivity contribution in [1.29, 1.82) is 0 Å². The third-order valence-electron chi connectivity index (χ3n) is 2.20. The van der Waals surface area contributed by atoms with E-state index >= 15 is 0 Å². The molecular formula is C10H16N2O2. The largest absolute Gasteiger partial charge is 0.389 e. The van der Waals surface area contributed by atoms with Gasteiger partial charge in [0.2, 0.25) is 0 Å². The van der Waals surface area contributed by atoms with Crippen LogP contribution in [0.1, 0.15) is 43.1 Å². The van der Waals surface area contributed by atoms with Gasteiger partial charge in [-0.1, -0.05) is 0 Å². The molecule has 0 aromatic carbocycles. The SMILES string of the molecule is COC(C)c1ncc([C@@H](C)O)c(C)n1. The van der Waals surface area contributed by atoms with Crippen LogP contribution in [0.15, 0.2) is 6.20 Å². The highest BCUT2D eigenvalue weighted by Gasteiger charge is 2.11. The zero-order chi connectivity index (χ0) is 10.7. The van der Waals surface area contributed by atoms with E-state index in [4.69, 9.17) is 4.74 Å². The van der Waals surface area contributed by atoms with Gasteiger partial charge in [0.15, 0.2) is 5.82 Å². The van der Waals surface area contributed by atoms with Crippen molar-refractivity contribution < 1.29 is 9.84 Å². The number of aliphatic hydroxyl groups excluding tert-OH is 1. The number of aliphatic hydroxyl groups is 1. The zero-order valence-electron chi connectivity index (χ0n) is 8.98. The molecule has 1 aromatic heterocycles. The van der Waals surface area contributed by atoms with Gasteiger partial charge in [-0.05, 0) is 20.8 Å². The summed E-state index contributed by atoms with van der Waals surface area (Å²) >= 11 is 0. The van der Waals surface area contributed by atoms with E-state index in [-0.39, 0.29) is 6.10 Å². The van der Waals surface area contributed by atoms with Crippen LogP contribution >= 0.6 is 0 Å². The van der Waals surface area contributed by atoms with Crippen molar-refractivity contribution in [2.24, 2.45) is 0 Å². The summed E-state index contributed by atoms with van der Waals surface area (Å²) in [6.07, 6.45) is 1.01. The Morgan fingerprint density at radius 1 is 1.43 bits per heavy atom. The molecule has 0 saturated carbocycles. The molecule has 0 bridgehead atoms. The van der Waals surface area contributed by atoms with Gasteiger partial charge in [0.1, 0.15) is 6.10 Å². The van der Waals surface area contributed by atoms with Crippen molar-refractivity contribution >= 4 is 0 Å². The molecule has 1 aromatic rings. The molecule has 0 aliphatic heterocycles. The van der Waals surface area contributed by atoms with Crippen LogP contribution in [0.25, 0.3) is 0 Å². The van der Waals surface area contributed by atoms with Gasteiger partial charge in [0.25, 0.3) is 0 Å². The fraction of sp³-hybridized carbons (Fsp3) is 0.600. The van der Waals surface area contributed by atoms with Gasteiger partial charge < -0.3 is 9.84 Å². The summed E-state index contributed by atoms with van der Waals surface area (Å²) in [4.78, 5) is 8.40. The monoisotopic (exact) mass is 196 g/mol. The number of ether oxygens (including phenoxy) is 1. The molecule has 1 heterocycles. The van der Waals surface area contributed by atoms with Gasteiger partial charge in [0, 0.05) is 24.6 Å². The first-order valence-electron chi connectivity index (χ1n) is 4.60. The average molecular weight is 196 g/mol. The van der Waals surface area contributed by atoms with Crippen molar-refractivity contribution in [3.8, 4) is 0 Å². The van der Waals surface area contributed by atoms with E-state index in [0.29, 0.717) is 5.82 Å². The molecule has 0 spiro atoms. The second kappa shape index (κ2) is 4.48. The fourth-order valence-corrected chi connectivity index (χ4v) is 1.21. The molecule has 1 rings (SSSR count). The van der Waals surface area contributed by atoms with Crippen LogP contribution in [0.4, 0.5) is 0 Å². The van der Waals surface area contributed by atoms with Gasteiger partial charge in [0.05, 0.1) is 6.10 Å². The minimum Gasteiger partial charge on any atom is -0.389 e. The van der Waals surface area contributed by atoms with Crippen LogP contribution in [0.5, 0.6) is 0 Å². The Balaban J connectivity index is 3.00. The Bertz CT molecular complexity index is 313. The first-order valence-corrected chi connectivity index (χ1v) is 4.60. The van der Waals surface area contributed by atoms with Gasteiger partial charge in [-0.25, -0.2) is 9.97 Å². The van der Waals surface area contributed by atoms with Crippen molar-refractivity contribution in [1.82, 2.24) is 9.97 Å². The highest BCUT2D eigenvalue weighted by atomic mass is 16.5. The Morgan fingerprint density at radius 2 is 2.07 bits per heavy atom. The summed E-state index contributed by atoms with van der Waals surface area (Å²) in [5.74, 6) is 0.648. The topological polar surface area (TPSA) is 55.2 Å². The Kier molecular flexibility index (Phi) is 3.55. The molecule has 78 valence electrons. The van der Waals surface area contributed by atoms with E-state index in [1.807, 2.05) is 13.8 Å². The zero-order valence-corrected chi connectivity index (χ0v) is 8.98. The second-order valence-corrected chi connectivity index (χ2v) is 3.32. The predicted molar refractivity (Wildman–Crippen MR) is 52.8 cm³/mol. The molecule has 0 radical (unpaired) electrons. The minimum absolute atomic E-state index is 0.114.